The Balaban J connectivity index is 1.85. The lowest BCUT2D eigenvalue weighted by Crippen LogP contribution is -2.21. The average Bonchev–Trinajstić information content (AvgIpc) is 3.22. The van der Waals surface area contributed by atoms with Crippen LogP contribution in [0.5, 0.6) is 17.4 Å². The van der Waals surface area contributed by atoms with Crippen molar-refractivity contribution in [2.24, 2.45) is 5.73 Å². The molecular weight excluding hydrogens is 411 g/mol. The highest BCUT2D eigenvalue weighted by Crippen LogP contribution is 2.47. The summed E-state index contributed by atoms with van der Waals surface area (Å²) in [4.78, 5) is 0. The van der Waals surface area contributed by atoms with Gasteiger partial charge in [0.05, 0.1) is 30.9 Å². The third kappa shape index (κ3) is 3.85. The quantitative estimate of drug-likeness (QED) is 0.526. The van der Waals surface area contributed by atoms with E-state index in [-0.39, 0.29) is 23.2 Å². The maximum Gasteiger partial charge on any atom is 0.244 e. The molecule has 3 N–H and O–H groups in total. The highest BCUT2D eigenvalue weighted by molar-refractivity contribution is 5.71. The van der Waals surface area contributed by atoms with E-state index >= 15 is 0 Å². The van der Waals surface area contributed by atoms with Crippen molar-refractivity contribution in [3.63, 3.8) is 0 Å². The second kappa shape index (κ2) is 9.02. The van der Waals surface area contributed by atoms with Crippen molar-refractivity contribution < 1.29 is 18.6 Å². The molecule has 4 rings (SSSR count). The summed E-state index contributed by atoms with van der Waals surface area (Å²) in [5.74, 6) is 0.539. The number of ether oxygens (including phenoxy) is 3. The van der Waals surface area contributed by atoms with Gasteiger partial charge in [-0.05, 0) is 48.4 Å². The molecule has 0 saturated carbocycles. The van der Waals surface area contributed by atoms with E-state index in [1.54, 1.807) is 25.3 Å². The molecule has 1 atom stereocenters. The molecule has 1 aromatic heterocycles. The molecule has 8 heteroatoms. The Labute approximate surface area is 185 Å². The number of benzene rings is 2. The summed E-state index contributed by atoms with van der Waals surface area (Å²) in [5.41, 5.74) is 9.07. The molecule has 0 unspecified atom stereocenters. The first-order valence-corrected chi connectivity index (χ1v) is 10.3. The van der Waals surface area contributed by atoms with Gasteiger partial charge in [0.2, 0.25) is 11.8 Å². The second-order valence-corrected chi connectivity index (χ2v) is 7.36. The highest BCUT2D eigenvalue weighted by Gasteiger charge is 2.36. The van der Waals surface area contributed by atoms with Gasteiger partial charge in [-0.2, -0.15) is 5.26 Å². The predicted octanol–water partition coefficient (Wildman–Crippen LogP) is 4.62. The number of halogens is 1. The number of nitrogens with zero attached hydrogens (tertiary/aromatic N) is 2. The zero-order valence-electron chi connectivity index (χ0n) is 17.8. The molecule has 7 nitrogen and oxygen atoms in total. The number of nitrogens with two attached hydrogens (primary N) is 1. The standard InChI is InChI=1S/C24H23FN4O3/c1-3-4-11-31-19-12-15(7-10-18(19)30-2)20-17(13-26)23(27)32-24-21(20)22(28-29-24)14-5-8-16(25)9-6-14/h5-10,12,20H,3-4,11,27H2,1-2H3,(H,28,29)/t20-/m0/s1. The van der Waals surface area contributed by atoms with Crippen molar-refractivity contribution in [1.29, 1.82) is 5.26 Å². The number of unbranched alkanes of at least 4 members (excludes halogenated alkanes) is 1. The number of methoxy groups -OCH3 is 1. The molecule has 0 radical (unpaired) electrons. The number of nitrogens with one attached hydrogen (secondary N) is 1. The Kier molecular flexibility index (Phi) is 5.99. The van der Waals surface area contributed by atoms with Gasteiger partial charge in [0.1, 0.15) is 17.5 Å². The van der Waals surface area contributed by atoms with Gasteiger partial charge in [-0.15, -0.1) is 5.10 Å². The molecule has 0 saturated heterocycles. The maximum absolute atomic E-state index is 13.5. The van der Waals surface area contributed by atoms with Crippen LogP contribution in [0, 0.1) is 17.1 Å². The number of rotatable bonds is 7. The third-order valence-electron chi connectivity index (χ3n) is 5.35. The Morgan fingerprint density at radius 3 is 2.69 bits per heavy atom. The lowest BCUT2D eigenvalue weighted by Gasteiger charge is -2.25. The third-order valence-corrected chi connectivity index (χ3v) is 5.35. The second-order valence-electron chi connectivity index (χ2n) is 7.36. The Morgan fingerprint density at radius 2 is 2.00 bits per heavy atom. The van der Waals surface area contributed by atoms with Gasteiger partial charge in [-0.1, -0.05) is 19.4 Å². The Hall–Kier alpha value is -3.99. The number of H-pyrrole nitrogens is 1. The minimum atomic E-state index is -0.554. The van der Waals surface area contributed by atoms with Crippen molar-refractivity contribution in [3.05, 3.63) is 70.9 Å². The first kappa shape index (κ1) is 21.2. The zero-order chi connectivity index (χ0) is 22.7. The van der Waals surface area contributed by atoms with E-state index in [4.69, 9.17) is 19.9 Å². The number of aromatic nitrogens is 2. The van der Waals surface area contributed by atoms with E-state index in [0.717, 1.165) is 18.4 Å². The Morgan fingerprint density at radius 1 is 1.22 bits per heavy atom. The van der Waals surface area contributed by atoms with Crippen LogP contribution >= 0.6 is 0 Å². The van der Waals surface area contributed by atoms with Crippen molar-refractivity contribution in [2.75, 3.05) is 13.7 Å². The Bertz CT molecular complexity index is 1190. The van der Waals surface area contributed by atoms with Crippen LogP contribution in [-0.4, -0.2) is 23.9 Å². The van der Waals surface area contributed by atoms with Gasteiger partial charge in [0.25, 0.3) is 0 Å². The molecule has 32 heavy (non-hydrogen) atoms. The number of allylic oxidation sites excluding steroid dienone is 1. The van der Waals surface area contributed by atoms with Crippen LogP contribution in [0.4, 0.5) is 4.39 Å². The molecule has 0 amide bonds. The summed E-state index contributed by atoms with van der Waals surface area (Å²) in [6, 6.07) is 13.7. The fourth-order valence-electron chi connectivity index (χ4n) is 3.73. The fraction of sp³-hybridized carbons (Fsp3) is 0.250. The lowest BCUT2D eigenvalue weighted by molar-refractivity contribution is 0.288. The van der Waals surface area contributed by atoms with E-state index in [2.05, 4.69) is 23.2 Å². The lowest BCUT2D eigenvalue weighted by atomic mass is 9.83. The molecular formula is C24H23FN4O3. The highest BCUT2D eigenvalue weighted by atomic mass is 19.1. The summed E-state index contributed by atoms with van der Waals surface area (Å²) in [5, 5.41) is 17.1. The number of nitriles is 1. The van der Waals surface area contributed by atoms with E-state index in [9.17, 15) is 9.65 Å². The van der Waals surface area contributed by atoms with Crippen LogP contribution in [0.1, 0.15) is 36.8 Å². The van der Waals surface area contributed by atoms with E-state index in [0.29, 0.717) is 34.9 Å². The van der Waals surface area contributed by atoms with Gasteiger partial charge in [-0.3, -0.25) is 5.10 Å². The van der Waals surface area contributed by atoms with E-state index in [1.807, 2.05) is 12.1 Å². The van der Waals surface area contributed by atoms with Crippen molar-refractivity contribution in [3.8, 4) is 34.7 Å². The summed E-state index contributed by atoms with van der Waals surface area (Å²) in [7, 11) is 1.58. The topological polar surface area (TPSA) is 106 Å². The van der Waals surface area contributed by atoms with Crippen LogP contribution in [0.3, 0.4) is 0 Å². The summed E-state index contributed by atoms with van der Waals surface area (Å²) >= 11 is 0. The molecule has 2 heterocycles. The molecule has 1 aliphatic heterocycles. The summed E-state index contributed by atoms with van der Waals surface area (Å²) in [6.07, 6.45) is 1.90. The largest absolute Gasteiger partial charge is 0.493 e. The molecule has 1 aliphatic rings. The van der Waals surface area contributed by atoms with Gasteiger partial charge in [0.15, 0.2) is 11.5 Å². The minimum Gasteiger partial charge on any atom is -0.493 e. The molecule has 0 bridgehead atoms. The maximum atomic E-state index is 13.5. The van der Waals surface area contributed by atoms with E-state index in [1.165, 1.54) is 12.1 Å². The van der Waals surface area contributed by atoms with Crippen LogP contribution in [0.2, 0.25) is 0 Å². The number of fused-ring (bicyclic) bond motifs is 1. The minimum absolute atomic E-state index is 0.00794. The van der Waals surface area contributed by atoms with Gasteiger partial charge >= 0.3 is 0 Å². The smallest absolute Gasteiger partial charge is 0.244 e. The molecule has 0 spiro atoms. The van der Waals surface area contributed by atoms with Crippen LogP contribution < -0.4 is 19.9 Å². The molecule has 2 aromatic carbocycles. The summed E-state index contributed by atoms with van der Waals surface area (Å²) < 4.78 is 30.5. The first-order valence-electron chi connectivity index (χ1n) is 10.3. The molecule has 0 fully saturated rings. The average molecular weight is 434 g/mol. The SMILES string of the molecule is CCCCOc1cc([C@H]2C(C#N)=C(N)Oc3n[nH]c(-c4ccc(F)cc4)c32)ccc1OC. The zero-order valence-corrected chi connectivity index (χ0v) is 17.8. The van der Waals surface area contributed by atoms with E-state index < -0.39 is 5.92 Å². The fourth-order valence-corrected chi connectivity index (χ4v) is 3.73. The monoisotopic (exact) mass is 434 g/mol. The van der Waals surface area contributed by atoms with Crippen molar-refractivity contribution in [1.82, 2.24) is 10.2 Å². The van der Waals surface area contributed by atoms with Gasteiger partial charge in [0, 0.05) is 5.56 Å². The number of aromatic amines is 1. The molecule has 3 aromatic rings. The molecule has 164 valence electrons. The van der Waals surface area contributed by atoms with Gasteiger partial charge < -0.3 is 19.9 Å². The number of hydrogen-bond donors (Lipinski definition) is 2. The van der Waals surface area contributed by atoms with Crippen molar-refractivity contribution >= 4 is 0 Å². The van der Waals surface area contributed by atoms with Crippen LogP contribution in [-0.2, 0) is 0 Å². The molecule has 0 aliphatic carbocycles. The normalized spacial score (nSPS) is 15.0. The van der Waals surface area contributed by atoms with Gasteiger partial charge in [-0.25, -0.2) is 4.39 Å². The van der Waals surface area contributed by atoms with Crippen LogP contribution in [0.15, 0.2) is 53.9 Å². The predicted molar refractivity (Wildman–Crippen MR) is 117 cm³/mol. The van der Waals surface area contributed by atoms with Crippen LogP contribution in [0.25, 0.3) is 11.3 Å². The van der Waals surface area contributed by atoms with Crippen molar-refractivity contribution in [2.45, 2.75) is 25.7 Å². The number of hydrogen-bond acceptors (Lipinski definition) is 6. The summed E-state index contributed by atoms with van der Waals surface area (Å²) in [6.45, 7) is 2.63. The first-order chi connectivity index (χ1) is 15.6.